The summed E-state index contributed by atoms with van der Waals surface area (Å²) in [5.74, 6) is 0.187. The molecule has 4 nitrogen and oxygen atoms in total. The van der Waals surface area contributed by atoms with E-state index in [-0.39, 0.29) is 36.8 Å². The van der Waals surface area contributed by atoms with E-state index in [4.69, 9.17) is 0 Å². The number of benzene rings is 1. The van der Waals surface area contributed by atoms with Crippen molar-refractivity contribution in [1.82, 2.24) is 15.5 Å². The van der Waals surface area contributed by atoms with Crippen LogP contribution in [-0.2, 0) is 17.8 Å². The third-order valence-corrected chi connectivity index (χ3v) is 5.58. The lowest BCUT2D eigenvalue weighted by Crippen LogP contribution is -2.53. The van der Waals surface area contributed by atoms with E-state index in [1.807, 2.05) is 0 Å². The summed E-state index contributed by atoms with van der Waals surface area (Å²) in [6, 6.07) is 9.28. The summed E-state index contributed by atoms with van der Waals surface area (Å²) in [6.07, 6.45) is 5.79. The van der Waals surface area contributed by atoms with Gasteiger partial charge in [-0.05, 0) is 43.4 Å². The van der Waals surface area contributed by atoms with Gasteiger partial charge in [-0.2, -0.15) is 0 Å². The van der Waals surface area contributed by atoms with Gasteiger partial charge in [-0.25, -0.2) is 0 Å². The van der Waals surface area contributed by atoms with Crippen LogP contribution < -0.4 is 10.6 Å². The van der Waals surface area contributed by atoms with Gasteiger partial charge < -0.3 is 10.6 Å². The topological polar surface area (TPSA) is 44.4 Å². The molecule has 0 aromatic heterocycles. The number of carbonyl (C=O) groups is 1. The van der Waals surface area contributed by atoms with Gasteiger partial charge in [0.1, 0.15) is 0 Å². The summed E-state index contributed by atoms with van der Waals surface area (Å²) in [7, 11) is 0. The maximum absolute atomic E-state index is 12.6. The Balaban J connectivity index is 0.00000104. The lowest BCUT2D eigenvalue weighted by molar-refractivity contribution is -0.124. The Morgan fingerprint density at radius 1 is 1.08 bits per heavy atom. The summed E-state index contributed by atoms with van der Waals surface area (Å²) in [5, 5.41) is 6.73. The van der Waals surface area contributed by atoms with Crippen LogP contribution in [0.25, 0.3) is 0 Å². The molecular weight excluding hydrogens is 345 g/mol. The molecule has 0 saturated carbocycles. The van der Waals surface area contributed by atoms with Gasteiger partial charge in [-0.1, -0.05) is 30.7 Å². The van der Waals surface area contributed by atoms with Gasteiger partial charge >= 0.3 is 0 Å². The molecule has 1 amide bonds. The van der Waals surface area contributed by atoms with Crippen LogP contribution in [0.3, 0.4) is 0 Å². The summed E-state index contributed by atoms with van der Waals surface area (Å²) in [6.45, 7) is 3.16. The Kier molecular flexibility index (Phi) is 6.93. The highest BCUT2D eigenvalue weighted by Crippen LogP contribution is 2.27. The smallest absolute Gasteiger partial charge is 0.237 e. The highest BCUT2D eigenvalue weighted by Gasteiger charge is 2.37. The number of nitrogens with zero attached hydrogens (tertiary/aromatic N) is 1. The molecule has 2 saturated heterocycles. The van der Waals surface area contributed by atoms with Crippen LogP contribution in [0.15, 0.2) is 24.3 Å². The molecule has 4 rings (SSSR count). The second-order valence-electron chi connectivity index (χ2n) is 6.91. The van der Waals surface area contributed by atoms with E-state index in [1.54, 1.807) is 0 Å². The van der Waals surface area contributed by atoms with Crippen molar-refractivity contribution in [1.29, 1.82) is 0 Å². The van der Waals surface area contributed by atoms with Gasteiger partial charge in [-0.15, -0.1) is 24.8 Å². The molecule has 0 aliphatic carbocycles. The van der Waals surface area contributed by atoms with E-state index < -0.39 is 0 Å². The van der Waals surface area contributed by atoms with Crippen molar-refractivity contribution in [3.05, 3.63) is 35.4 Å². The molecule has 2 fully saturated rings. The molecule has 3 heterocycles. The molecule has 2 N–H and O–H groups in total. The van der Waals surface area contributed by atoms with Crippen molar-refractivity contribution < 1.29 is 4.79 Å². The van der Waals surface area contributed by atoms with Crippen molar-refractivity contribution in [2.75, 3.05) is 13.1 Å². The first-order valence-corrected chi connectivity index (χ1v) is 8.66. The zero-order chi connectivity index (χ0) is 14.9. The molecular formula is C18H27Cl2N3O. The van der Waals surface area contributed by atoms with Gasteiger partial charge in [0.15, 0.2) is 0 Å². The predicted octanol–water partition coefficient (Wildman–Crippen LogP) is 2.29. The standard InChI is InChI=1S/C18H25N3O.2ClH/c22-18(16-11-13-5-1-2-6-14(13)12-19-16)20-15-8-10-21-9-4-3-7-17(15)21;;/h1-2,5-6,15-17,19H,3-4,7-12H2,(H,20,22);2*1H. The van der Waals surface area contributed by atoms with Crippen LogP contribution in [-0.4, -0.2) is 42.0 Å². The van der Waals surface area contributed by atoms with Crippen molar-refractivity contribution in [2.45, 2.75) is 56.8 Å². The minimum absolute atomic E-state index is 0. The lowest BCUT2D eigenvalue weighted by Gasteiger charge is -2.33. The van der Waals surface area contributed by atoms with Gasteiger partial charge in [0.25, 0.3) is 0 Å². The van der Waals surface area contributed by atoms with E-state index in [1.165, 1.54) is 36.9 Å². The SMILES string of the molecule is Cl.Cl.O=C(NC1CCN2CCCCC12)C1Cc2ccccc2CN1. The highest BCUT2D eigenvalue weighted by molar-refractivity contribution is 5.85. The number of halogens is 2. The first-order chi connectivity index (χ1) is 10.8. The zero-order valence-electron chi connectivity index (χ0n) is 13.9. The molecule has 3 unspecified atom stereocenters. The molecule has 0 bridgehead atoms. The molecule has 6 heteroatoms. The summed E-state index contributed by atoms with van der Waals surface area (Å²) >= 11 is 0. The Morgan fingerprint density at radius 2 is 1.88 bits per heavy atom. The van der Waals surface area contributed by atoms with Gasteiger partial charge in [0, 0.05) is 25.2 Å². The Labute approximate surface area is 156 Å². The van der Waals surface area contributed by atoms with E-state index in [0.717, 1.165) is 25.9 Å². The highest BCUT2D eigenvalue weighted by atomic mass is 35.5. The zero-order valence-corrected chi connectivity index (χ0v) is 15.5. The molecule has 1 aromatic carbocycles. The quantitative estimate of drug-likeness (QED) is 0.837. The number of nitrogens with one attached hydrogen (secondary N) is 2. The molecule has 3 aliphatic rings. The second-order valence-corrected chi connectivity index (χ2v) is 6.91. The van der Waals surface area contributed by atoms with Crippen LogP contribution >= 0.6 is 24.8 Å². The number of piperidine rings is 1. The minimum Gasteiger partial charge on any atom is -0.350 e. The average Bonchev–Trinajstić information content (AvgIpc) is 2.97. The number of fused-ring (bicyclic) bond motifs is 2. The molecule has 134 valence electrons. The van der Waals surface area contributed by atoms with Crippen LogP contribution in [0.1, 0.15) is 36.8 Å². The van der Waals surface area contributed by atoms with Crippen molar-refractivity contribution in [2.24, 2.45) is 0 Å². The van der Waals surface area contributed by atoms with Crippen molar-refractivity contribution in [3.8, 4) is 0 Å². The number of carbonyl (C=O) groups excluding carboxylic acids is 1. The fraction of sp³-hybridized carbons (Fsp3) is 0.611. The average molecular weight is 372 g/mol. The van der Waals surface area contributed by atoms with Gasteiger partial charge in [0.05, 0.1) is 6.04 Å². The first kappa shape index (κ1) is 19.5. The normalized spacial score (nSPS) is 28.8. The van der Waals surface area contributed by atoms with E-state index in [9.17, 15) is 4.79 Å². The summed E-state index contributed by atoms with van der Waals surface area (Å²) in [5.41, 5.74) is 2.64. The third kappa shape index (κ3) is 3.88. The number of hydrogen-bond donors (Lipinski definition) is 2. The van der Waals surface area contributed by atoms with Crippen molar-refractivity contribution in [3.63, 3.8) is 0 Å². The van der Waals surface area contributed by atoms with Crippen LogP contribution in [0, 0.1) is 0 Å². The predicted molar refractivity (Wildman–Crippen MR) is 101 cm³/mol. The molecule has 3 atom stereocenters. The molecule has 3 aliphatic heterocycles. The lowest BCUT2D eigenvalue weighted by atomic mass is 9.94. The van der Waals surface area contributed by atoms with Crippen LogP contribution in [0.2, 0.25) is 0 Å². The van der Waals surface area contributed by atoms with Gasteiger partial charge in [0.2, 0.25) is 5.91 Å². The Hall–Kier alpha value is -0.810. The Morgan fingerprint density at radius 3 is 2.71 bits per heavy atom. The van der Waals surface area contributed by atoms with Gasteiger partial charge in [-0.3, -0.25) is 9.69 Å². The molecule has 0 radical (unpaired) electrons. The Bertz CT molecular complexity index is 569. The summed E-state index contributed by atoms with van der Waals surface area (Å²) in [4.78, 5) is 15.2. The van der Waals surface area contributed by atoms with E-state index >= 15 is 0 Å². The third-order valence-electron chi connectivity index (χ3n) is 5.58. The molecule has 0 spiro atoms. The fourth-order valence-corrected chi connectivity index (χ4v) is 4.34. The van der Waals surface area contributed by atoms with Crippen LogP contribution in [0.5, 0.6) is 0 Å². The van der Waals surface area contributed by atoms with E-state index in [2.05, 4.69) is 39.8 Å². The van der Waals surface area contributed by atoms with E-state index in [0.29, 0.717) is 12.1 Å². The summed E-state index contributed by atoms with van der Waals surface area (Å²) < 4.78 is 0. The number of rotatable bonds is 2. The largest absolute Gasteiger partial charge is 0.350 e. The first-order valence-electron chi connectivity index (χ1n) is 8.66. The molecule has 1 aromatic rings. The monoisotopic (exact) mass is 371 g/mol. The van der Waals surface area contributed by atoms with Crippen molar-refractivity contribution >= 4 is 30.7 Å². The number of amides is 1. The second kappa shape index (κ2) is 8.52. The fourth-order valence-electron chi connectivity index (χ4n) is 4.34. The maximum Gasteiger partial charge on any atom is 0.237 e. The number of hydrogen-bond acceptors (Lipinski definition) is 3. The van der Waals surface area contributed by atoms with Crippen LogP contribution in [0.4, 0.5) is 0 Å². The maximum atomic E-state index is 12.6. The molecule has 24 heavy (non-hydrogen) atoms. The minimum atomic E-state index is -0.0764.